The number of piperidine rings is 1. The Morgan fingerprint density at radius 3 is 2.27 bits per heavy atom. The quantitative estimate of drug-likeness (QED) is 0.783. The fraction of sp³-hybridized carbons (Fsp3) is 0.750. The average molecular weight is 361 g/mol. The van der Waals surface area contributed by atoms with Gasteiger partial charge in [0.25, 0.3) is 11.8 Å². The van der Waals surface area contributed by atoms with E-state index in [-0.39, 0.29) is 11.8 Å². The van der Waals surface area contributed by atoms with Crippen LogP contribution in [-0.2, 0) is 13.0 Å². The van der Waals surface area contributed by atoms with Gasteiger partial charge in [-0.1, -0.05) is 13.8 Å². The SMILES string of the molecule is CCCN(CCC)C(=O)c1nc(C(=O)N2CCCCC2)c2n1CCCC2. The number of imidazole rings is 1. The second-order valence-corrected chi connectivity index (χ2v) is 7.48. The molecule has 1 fully saturated rings. The first kappa shape index (κ1) is 18.9. The zero-order valence-electron chi connectivity index (χ0n) is 16.3. The summed E-state index contributed by atoms with van der Waals surface area (Å²) in [6.07, 6.45) is 8.13. The van der Waals surface area contributed by atoms with Crippen LogP contribution in [-0.4, -0.2) is 57.3 Å². The van der Waals surface area contributed by atoms with Crippen LogP contribution < -0.4 is 0 Å². The molecule has 0 bridgehead atoms. The summed E-state index contributed by atoms with van der Waals surface area (Å²) in [6.45, 7) is 8.07. The molecule has 1 aromatic rings. The number of carbonyl (C=O) groups excluding carboxylic acids is 2. The number of rotatable bonds is 6. The van der Waals surface area contributed by atoms with Crippen LogP contribution in [0.4, 0.5) is 0 Å². The van der Waals surface area contributed by atoms with Crippen molar-refractivity contribution < 1.29 is 9.59 Å². The van der Waals surface area contributed by atoms with E-state index < -0.39 is 0 Å². The third kappa shape index (κ3) is 3.79. The van der Waals surface area contributed by atoms with Crippen molar-refractivity contribution in [3.63, 3.8) is 0 Å². The van der Waals surface area contributed by atoms with Crippen molar-refractivity contribution in [2.45, 2.75) is 71.8 Å². The van der Waals surface area contributed by atoms with E-state index in [1.54, 1.807) is 0 Å². The third-order valence-corrected chi connectivity index (χ3v) is 5.43. The lowest BCUT2D eigenvalue weighted by molar-refractivity contribution is 0.0717. The molecule has 26 heavy (non-hydrogen) atoms. The molecule has 1 saturated heterocycles. The van der Waals surface area contributed by atoms with Gasteiger partial charge in [-0.15, -0.1) is 0 Å². The molecule has 6 nitrogen and oxygen atoms in total. The highest BCUT2D eigenvalue weighted by Crippen LogP contribution is 2.24. The largest absolute Gasteiger partial charge is 0.337 e. The van der Waals surface area contributed by atoms with Gasteiger partial charge in [0, 0.05) is 32.7 Å². The maximum absolute atomic E-state index is 13.1. The normalized spacial score (nSPS) is 17.1. The zero-order chi connectivity index (χ0) is 18.5. The molecule has 0 spiro atoms. The second-order valence-electron chi connectivity index (χ2n) is 7.48. The van der Waals surface area contributed by atoms with E-state index in [2.05, 4.69) is 18.8 Å². The van der Waals surface area contributed by atoms with E-state index >= 15 is 0 Å². The lowest BCUT2D eigenvalue weighted by Crippen LogP contribution is -2.36. The minimum Gasteiger partial charge on any atom is -0.337 e. The van der Waals surface area contributed by atoms with Gasteiger partial charge < -0.3 is 14.4 Å². The van der Waals surface area contributed by atoms with Crippen LogP contribution in [0.2, 0.25) is 0 Å². The molecule has 0 atom stereocenters. The molecule has 0 radical (unpaired) electrons. The predicted molar refractivity (Wildman–Crippen MR) is 101 cm³/mol. The number of likely N-dealkylation sites (tertiary alicyclic amines) is 1. The number of aromatic nitrogens is 2. The van der Waals surface area contributed by atoms with Gasteiger partial charge in [0.05, 0.1) is 5.69 Å². The van der Waals surface area contributed by atoms with Gasteiger partial charge >= 0.3 is 0 Å². The summed E-state index contributed by atoms with van der Waals surface area (Å²) in [4.78, 5) is 34.6. The van der Waals surface area contributed by atoms with Crippen molar-refractivity contribution in [1.29, 1.82) is 0 Å². The average Bonchev–Trinajstić information content (AvgIpc) is 3.07. The lowest BCUT2D eigenvalue weighted by Gasteiger charge is -2.26. The minimum atomic E-state index is -0.0189. The molecule has 0 unspecified atom stereocenters. The molecule has 144 valence electrons. The summed E-state index contributed by atoms with van der Waals surface area (Å²) in [6, 6.07) is 0. The maximum atomic E-state index is 13.1. The van der Waals surface area contributed by atoms with Crippen LogP contribution in [0.15, 0.2) is 0 Å². The molecule has 0 aromatic carbocycles. The standard InChI is InChI=1S/C20H32N4O2/c1-3-11-22(12-4-2)20(26)18-21-17(16-10-6-9-15-24(16)18)19(25)23-13-7-5-8-14-23/h3-15H2,1-2H3. The summed E-state index contributed by atoms with van der Waals surface area (Å²) in [7, 11) is 0. The summed E-state index contributed by atoms with van der Waals surface area (Å²) in [5.74, 6) is 0.475. The highest BCUT2D eigenvalue weighted by Gasteiger charge is 2.31. The van der Waals surface area contributed by atoms with Gasteiger partial charge in [0.2, 0.25) is 0 Å². The van der Waals surface area contributed by atoms with Crippen LogP contribution in [0, 0.1) is 0 Å². The summed E-state index contributed by atoms with van der Waals surface area (Å²) >= 11 is 0. The van der Waals surface area contributed by atoms with E-state index in [9.17, 15) is 9.59 Å². The Hall–Kier alpha value is -1.85. The van der Waals surface area contributed by atoms with Gasteiger partial charge in [-0.25, -0.2) is 4.98 Å². The van der Waals surface area contributed by atoms with Gasteiger partial charge in [-0.2, -0.15) is 0 Å². The van der Waals surface area contributed by atoms with E-state index in [1.807, 2.05) is 14.4 Å². The van der Waals surface area contributed by atoms with Gasteiger partial charge in [-0.3, -0.25) is 9.59 Å². The molecule has 2 aliphatic rings. The Labute approximate surface area is 156 Å². The Bertz CT molecular complexity index is 640. The highest BCUT2D eigenvalue weighted by molar-refractivity contribution is 5.97. The van der Waals surface area contributed by atoms with Crippen molar-refractivity contribution in [3.8, 4) is 0 Å². The fourth-order valence-electron chi connectivity index (χ4n) is 4.12. The molecular formula is C20H32N4O2. The molecule has 2 amide bonds. The number of amides is 2. The van der Waals surface area contributed by atoms with Crippen LogP contribution in [0.5, 0.6) is 0 Å². The number of fused-ring (bicyclic) bond motifs is 1. The molecule has 2 aliphatic heterocycles. The minimum absolute atomic E-state index is 0.0189. The summed E-state index contributed by atoms with van der Waals surface area (Å²) < 4.78 is 2.03. The van der Waals surface area contributed by atoms with Crippen LogP contribution >= 0.6 is 0 Å². The number of hydrogen-bond donors (Lipinski definition) is 0. The van der Waals surface area contributed by atoms with Gasteiger partial charge in [-0.05, 0) is 51.4 Å². The molecule has 0 saturated carbocycles. The lowest BCUT2D eigenvalue weighted by atomic mass is 10.1. The van der Waals surface area contributed by atoms with Crippen LogP contribution in [0.25, 0.3) is 0 Å². The van der Waals surface area contributed by atoms with Crippen molar-refractivity contribution in [2.75, 3.05) is 26.2 Å². The molecule has 6 heteroatoms. The topological polar surface area (TPSA) is 58.4 Å². The smallest absolute Gasteiger partial charge is 0.289 e. The Morgan fingerprint density at radius 2 is 1.62 bits per heavy atom. The van der Waals surface area contributed by atoms with Crippen LogP contribution in [0.3, 0.4) is 0 Å². The first-order chi connectivity index (χ1) is 12.7. The van der Waals surface area contributed by atoms with E-state index in [1.165, 1.54) is 6.42 Å². The molecule has 0 N–H and O–H groups in total. The zero-order valence-corrected chi connectivity index (χ0v) is 16.3. The first-order valence-electron chi connectivity index (χ1n) is 10.3. The first-order valence-corrected chi connectivity index (χ1v) is 10.3. The Morgan fingerprint density at radius 1 is 0.962 bits per heavy atom. The van der Waals surface area contributed by atoms with Crippen molar-refractivity contribution in [2.24, 2.45) is 0 Å². The van der Waals surface area contributed by atoms with E-state index in [4.69, 9.17) is 0 Å². The molecule has 1 aromatic heterocycles. The Kier molecular flexibility index (Phi) is 6.33. The monoisotopic (exact) mass is 360 g/mol. The van der Waals surface area contributed by atoms with E-state index in [0.29, 0.717) is 11.5 Å². The molecular weight excluding hydrogens is 328 g/mol. The van der Waals surface area contributed by atoms with Gasteiger partial charge in [0.1, 0.15) is 5.69 Å². The molecule has 3 rings (SSSR count). The Balaban J connectivity index is 1.92. The maximum Gasteiger partial charge on any atom is 0.289 e. The summed E-state index contributed by atoms with van der Waals surface area (Å²) in [5.41, 5.74) is 1.51. The molecule has 3 heterocycles. The highest BCUT2D eigenvalue weighted by atomic mass is 16.2. The second kappa shape index (κ2) is 8.69. The summed E-state index contributed by atoms with van der Waals surface area (Å²) in [5, 5.41) is 0. The van der Waals surface area contributed by atoms with Gasteiger partial charge in [0.15, 0.2) is 5.82 Å². The fourth-order valence-corrected chi connectivity index (χ4v) is 4.12. The molecule has 0 aliphatic carbocycles. The number of hydrogen-bond acceptors (Lipinski definition) is 3. The number of carbonyl (C=O) groups is 2. The van der Waals surface area contributed by atoms with Crippen LogP contribution in [0.1, 0.15) is 85.6 Å². The van der Waals surface area contributed by atoms with Crippen molar-refractivity contribution >= 4 is 11.8 Å². The van der Waals surface area contributed by atoms with Crippen molar-refractivity contribution in [3.05, 3.63) is 17.2 Å². The van der Waals surface area contributed by atoms with E-state index in [0.717, 1.165) is 83.4 Å². The number of nitrogens with zero attached hydrogens (tertiary/aromatic N) is 4. The van der Waals surface area contributed by atoms with Crippen molar-refractivity contribution in [1.82, 2.24) is 19.4 Å². The predicted octanol–water partition coefficient (Wildman–Crippen LogP) is 3.11. The third-order valence-electron chi connectivity index (χ3n) is 5.43.